The minimum Gasteiger partial charge on any atom is -0.370 e. The first kappa shape index (κ1) is 14.1. The molecule has 1 aromatic heterocycles. The van der Waals surface area contributed by atoms with Crippen LogP contribution in [0.4, 0.5) is 0 Å². The Labute approximate surface area is 121 Å². The van der Waals surface area contributed by atoms with Gasteiger partial charge in [0.2, 0.25) is 0 Å². The molecular formula is C13H17ClN4S. The van der Waals surface area contributed by atoms with Crippen LogP contribution in [0.15, 0.2) is 23.2 Å². The van der Waals surface area contributed by atoms with Gasteiger partial charge in [0.1, 0.15) is 5.01 Å². The molecular weight excluding hydrogens is 280 g/mol. The van der Waals surface area contributed by atoms with Crippen molar-refractivity contribution in [1.82, 2.24) is 10.3 Å². The predicted octanol–water partition coefficient (Wildman–Crippen LogP) is 3.01. The molecule has 0 aliphatic carbocycles. The molecule has 0 aliphatic heterocycles. The minimum atomic E-state index is 0.464. The summed E-state index contributed by atoms with van der Waals surface area (Å²) in [5, 5.41) is 4.72. The maximum atomic E-state index is 5.93. The molecule has 3 N–H and O–H groups in total. The Morgan fingerprint density at radius 3 is 3.05 bits per heavy atom. The van der Waals surface area contributed by atoms with Gasteiger partial charge in [-0.1, -0.05) is 25.4 Å². The normalized spacial score (nSPS) is 12.3. The Balaban J connectivity index is 2.03. The minimum absolute atomic E-state index is 0.464. The van der Waals surface area contributed by atoms with Crippen molar-refractivity contribution in [1.29, 1.82) is 0 Å². The van der Waals surface area contributed by atoms with Gasteiger partial charge < -0.3 is 11.1 Å². The highest BCUT2D eigenvalue weighted by Gasteiger charge is 2.04. The lowest BCUT2D eigenvalue weighted by Crippen LogP contribution is -2.34. The van der Waals surface area contributed by atoms with Crippen LogP contribution in [-0.4, -0.2) is 17.5 Å². The van der Waals surface area contributed by atoms with Gasteiger partial charge in [0.15, 0.2) is 5.96 Å². The second kappa shape index (κ2) is 6.21. The van der Waals surface area contributed by atoms with Crippen molar-refractivity contribution in [2.24, 2.45) is 16.6 Å². The first-order valence-electron chi connectivity index (χ1n) is 6.13. The summed E-state index contributed by atoms with van der Waals surface area (Å²) in [5.41, 5.74) is 6.70. The van der Waals surface area contributed by atoms with Crippen molar-refractivity contribution in [2.45, 2.75) is 20.4 Å². The van der Waals surface area contributed by atoms with Crippen molar-refractivity contribution in [3.05, 3.63) is 28.2 Å². The second-order valence-electron chi connectivity index (χ2n) is 4.70. The van der Waals surface area contributed by atoms with Gasteiger partial charge in [-0.25, -0.2) is 9.98 Å². The largest absolute Gasteiger partial charge is 0.370 e. The number of nitrogens with one attached hydrogen (secondary N) is 1. The van der Waals surface area contributed by atoms with Crippen LogP contribution in [0, 0.1) is 5.92 Å². The summed E-state index contributed by atoms with van der Waals surface area (Å²) >= 11 is 7.55. The van der Waals surface area contributed by atoms with E-state index in [1.54, 1.807) is 11.3 Å². The smallest absolute Gasteiger partial charge is 0.189 e. The van der Waals surface area contributed by atoms with Crippen LogP contribution in [0.25, 0.3) is 10.2 Å². The standard InChI is InChI=1S/C13H17ClN4S/c1-8(2)6-16-13(15)17-7-12-18-10-5-9(14)3-4-11(10)19-12/h3-5,8H,6-7H2,1-2H3,(H3,15,16,17). The third kappa shape index (κ3) is 4.08. The van der Waals surface area contributed by atoms with Gasteiger partial charge in [-0.3, -0.25) is 0 Å². The SMILES string of the molecule is CC(C)CNC(N)=NCc1nc2cc(Cl)ccc2s1. The molecule has 0 bridgehead atoms. The quantitative estimate of drug-likeness (QED) is 0.673. The first-order valence-corrected chi connectivity index (χ1v) is 7.33. The van der Waals surface area contributed by atoms with Gasteiger partial charge in [-0.05, 0) is 24.1 Å². The number of aromatic nitrogens is 1. The van der Waals surface area contributed by atoms with Gasteiger partial charge in [0.05, 0.1) is 16.8 Å². The van der Waals surface area contributed by atoms with Crippen LogP contribution in [0.1, 0.15) is 18.9 Å². The molecule has 0 radical (unpaired) electrons. The summed E-state index contributed by atoms with van der Waals surface area (Å²) < 4.78 is 1.11. The van der Waals surface area contributed by atoms with Gasteiger partial charge in [0, 0.05) is 11.6 Å². The number of hydrogen-bond donors (Lipinski definition) is 2. The van der Waals surface area contributed by atoms with Crippen molar-refractivity contribution >= 4 is 39.1 Å². The van der Waals surface area contributed by atoms with Crippen LogP contribution in [-0.2, 0) is 6.54 Å². The van der Waals surface area contributed by atoms with E-state index in [0.29, 0.717) is 23.4 Å². The molecule has 102 valence electrons. The summed E-state index contributed by atoms with van der Waals surface area (Å²) in [4.78, 5) is 8.77. The summed E-state index contributed by atoms with van der Waals surface area (Å²) in [7, 11) is 0. The molecule has 0 aliphatic rings. The molecule has 0 amide bonds. The summed E-state index contributed by atoms with van der Waals surface area (Å²) in [6.45, 7) is 5.56. The van der Waals surface area contributed by atoms with Crippen LogP contribution < -0.4 is 11.1 Å². The van der Waals surface area contributed by atoms with Crippen LogP contribution in [0.3, 0.4) is 0 Å². The summed E-state index contributed by atoms with van der Waals surface area (Å²) in [6.07, 6.45) is 0. The number of hydrogen-bond acceptors (Lipinski definition) is 3. The highest BCUT2D eigenvalue weighted by molar-refractivity contribution is 7.18. The van der Waals surface area contributed by atoms with E-state index in [4.69, 9.17) is 17.3 Å². The molecule has 0 atom stereocenters. The van der Waals surface area contributed by atoms with E-state index in [9.17, 15) is 0 Å². The van der Waals surface area contributed by atoms with E-state index in [1.165, 1.54) is 0 Å². The van der Waals surface area contributed by atoms with E-state index in [-0.39, 0.29) is 0 Å². The number of nitrogens with two attached hydrogens (primary N) is 1. The first-order chi connectivity index (χ1) is 9.04. The Morgan fingerprint density at radius 2 is 2.32 bits per heavy atom. The maximum Gasteiger partial charge on any atom is 0.189 e. The Morgan fingerprint density at radius 1 is 1.53 bits per heavy atom. The number of thiazole rings is 1. The van der Waals surface area contributed by atoms with Gasteiger partial charge >= 0.3 is 0 Å². The van der Waals surface area contributed by atoms with Crippen LogP contribution in [0.2, 0.25) is 5.02 Å². The van der Waals surface area contributed by atoms with E-state index in [1.807, 2.05) is 18.2 Å². The molecule has 0 saturated heterocycles. The Hall–Kier alpha value is -1.33. The van der Waals surface area contributed by atoms with Gasteiger partial charge in [0.25, 0.3) is 0 Å². The summed E-state index contributed by atoms with van der Waals surface area (Å²) in [6, 6.07) is 5.71. The third-order valence-corrected chi connectivity index (χ3v) is 3.73. The molecule has 0 saturated carbocycles. The number of guanidine groups is 1. The Bertz CT molecular complexity index is 591. The third-order valence-electron chi connectivity index (χ3n) is 2.47. The van der Waals surface area contributed by atoms with E-state index in [0.717, 1.165) is 21.8 Å². The maximum absolute atomic E-state index is 5.93. The predicted molar refractivity (Wildman–Crippen MR) is 82.8 cm³/mol. The lowest BCUT2D eigenvalue weighted by molar-refractivity contribution is 0.622. The molecule has 6 heteroatoms. The fourth-order valence-corrected chi connectivity index (χ4v) is 2.57. The average Bonchev–Trinajstić information content (AvgIpc) is 2.75. The molecule has 4 nitrogen and oxygen atoms in total. The van der Waals surface area contributed by atoms with E-state index in [2.05, 4.69) is 29.1 Å². The lowest BCUT2D eigenvalue weighted by Gasteiger charge is -2.07. The van der Waals surface area contributed by atoms with Crippen molar-refractivity contribution < 1.29 is 0 Å². The fourth-order valence-electron chi connectivity index (χ4n) is 1.53. The zero-order valence-electron chi connectivity index (χ0n) is 11.0. The molecule has 2 aromatic rings. The topological polar surface area (TPSA) is 63.3 Å². The molecule has 1 heterocycles. The molecule has 0 unspecified atom stereocenters. The molecule has 0 fully saturated rings. The number of benzene rings is 1. The number of rotatable bonds is 4. The van der Waals surface area contributed by atoms with Crippen LogP contribution in [0.5, 0.6) is 0 Å². The molecule has 0 spiro atoms. The number of fused-ring (bicyclic) bond motifs is 1. The van der Waals surface area contributed by atoms with Crippen molar-refractivity contribution in [3.63, 3.8) is 0 Å². The summed E-state index contributed by atoms with van der Waals surface area (Å²) in [5.74, 6) is 1.00. The zero-order chi connectivity index (χ0) is 13.8. The van der Waals surface area contributed by atoms with E-state index >= 15 is 0 Å². The Kier molecular flexibility index (Phi) is 4.61. The highest BCUT2D eigenvalue weighted by Crippen LogP contribution is 2.25. The molecule has 19 heavy (non-hydrogen) atoms. The second-order valence-corrected chi connectivity index (χ2v) is 6.25. The molecule has 2 rings (SSSR count). The lowest BCUT2D eigenvalue weighted by atomic mass is 10.2. The van der Waals surface area contributed by atoms with Gasteiger partial charge in [-0.2, -0.15) is 0 Å². The van der Waals surface area contributed by atoms with Crippen LogP contribution >= 0.6 is 22.9 Å². The highest BCUT2D eigenvalue weighted by atomic mass is 35.5. The van der Waals surface area contributed by atoms with Crippen molar-refractivity contribution in [2.75, 3.05) is 6.54 Å². The van der Waals surface area contributed by atoms with Gasteiger partial charge in [-0.15, -0.1) is 11.3 Å². The zero-order valence-corrected chi connectivity index (χ0v) is 12.6. The average molecular weight is 297 g/mol. The molecule has 1 aromatic carbocycles. The number of nitrogens with zero attached hydrogens (tertiary/aromatic N) is 2. The van der Waals surface area contributed by atoms with E-state index < -0.39 is 0 Å². The number of halogens is 1. The monoisotopic (exact) mass is 296 g/mol. The fraction of sp³-hybridized carbons (Fsp3) is 0.385. The number of aliphatic imine (C=N–C) groups is 1. The van der Waals surface area contributed by atoms with Crippen molar-refractivity contribution in [3.8, 4) is 0 Å².